The Morgan fingerprint density at radius 3 is 2.50 bits per heavy atom. The highest BCUT2D eigenvalue weighted by Crippen LogP contribution is 2.35. The van der Waals surface area contributed by atoms with Crippen LogP contribution in [0.1, 0.15) is 54.0 Å². The Kier molecular flexibility index (Phi) is 5.24. The van der Waals surface area contributed by atoms with Crippen molar-refractivity contribution in [2.75, 3.05) is 7.11 Å². The Morgan fingerprint density at radius 1 is 1.13 bits per heavy atom. The van der Waals surface area contributed by atoms with Crippen molar-refractivity contribution in [2.45, 2.75) is 44.8 Å². The molecule has 6 nitrogen and oxygen atoms in total. The highest BCUT2D eigenvalue weighted by atomic mass is 16.5. The fourth-order valence-corrected chi connectivity index (χ4v) is 3.94. The number of esters is 1. The first-order valence-corrected chi connectivity index (χ1v) is 10.1. The van der Waals surface area contributed by atoms with E-state index in [0.29, 0.717) is 40.9 Å². The number of benzene rings is 2. The molecular formula is C24H25NO5. The lowest BCUT2D eigenvalue weighted by Crippen LogP contribution is -2.59. The maximum Gasteiger partial charge on any atom is 0.331 e. The number of amides is 1. The fraction of sp³-hybridized carbons (Fsp3) is 0.333. The van der Waals surface area contributed by atoms with Gasteiger partial charge in [-0.3, -0.25) is 4.79 Å². The first kappa shape index (κ1) is 20.0. The Labute approximate surface area is 175 Å². The Bertz CT molecular complexity index is 1080. The molecule has 4 rings (SSSR count). The minimum Gasteiger partial charge on any atom is -0.486 e. The summed E-state index contributed by atoms with van der Waals surface area (Å²) in [5.74, 6) is 0.382. The third-order valence-electron chi connectivity index (χ3n) is 5.78. The average molecular weight is 407 g/mol. The fourth-order valence-electron chi connectivity index (χ4n) is 3.94. The molecule has 1 amide bonds. The molecule has 1 aliphatic carbocycles. The summed E-state index contributed by atoms with van der Waals surface area (Å²) in [6.45, 7) is 3.72. The van der Waals surface area contributed by atoms with Gasteiger partial charge in [-0.1, -0.05) is 30.3 Å². The number of ether oxygens (including phenoxy) is 2. The molecule has 0 spiro atoms. The molecule has 1 aliphatic rings. The lowest BCUT2D eigenvalue weighted by atomic mass is 9.76. The number of methoxy groups -OCH3 is 1. The largest absolute Gasteiger partial charge is 0.486 e. The summed E-state index contributed by atoms with van der Waals surface area (Å²) in [6.07, 6.45) is 1.87. The predicted molar refractivity (Wildman–Crippen MR) is 113 cm³/mol. The quantitative estimate of drug-likeness (QED) is 0.599. The van der Waals surface area contributed by atoms with Crippen LogP contribution in [0.4, 0.5) is 0 Å². The van der Waals surface area contributed by atoms with E-state index >= 15 is 0 Å². The Hall–Kier alpha value is -3.28. The van der Waals surface area contributed by atoms with Crippen LogP contribution < -0.4 is 10.1 Å². The van der Waals surface area contributed by atoms with E-state index < -0.39 is 11.5 Å². The van der Waals surface area contributed by atoms with Crippen molar-refractivity contribution in [1.82, 2.24) is 5.32 Å². The summed E-state index contributed by atoms with van der Waals surface area (Å²) < 4.78 is 16.8. The molecule has 1 unspecified atom stereocenters. The van der Waals surface area contributed by atoms with E-state index in [-0.39, 0.29) is 12.0 Å². The summed E-state index contributed by atoms with van der Waals surface area (Å²) in [5.41, 5.74) is 1.12. The lowest BCUT2D eigenvalue weighted by Gasteiger charge is -2.39. The first-order chi connectivity index (χ1) is 14.4. The molecule has 0 saturated heterocycles. The molecule has 3 aromatic rings. The van der Waals surface area contributed by atoms with E-state index in [4.69, 9.17) is 13.9 Å². The molecule has 2 aromatic carbocycles. The van der Waals surface area contributed by atoms with E-state index in [1.807, 2.05) is 49.4 Å². The highest BCUT2D eigenvalue weighted by molar-refractivity contribution is 6.09. The van der Waals surface area contributed by atoms with Crippen LogP contribution in [0.25, 0.3) is 11.0 Å². The zero-order valence-electron chi connectivity index (χ0n) is 17.4. The van der Waals surface area contributed by atoms with E-state index in [1.165, 1.54) is 7.11 Å². The average Bonchev–Trinajstić information content (AvgIpc) is 3.05. The molecule has 1 heterocycles. The number of aryl methyl sites for hydroxylation is 1. The second kappa shape index (κ2) is 7.86. The molecule has 0 radical (unpaired) electrons. The minimum atomic E-state index is -0.947. The number of fused-ring (bicyclic) bond motifs is 1. The minimum absolute atomic E-state index is 0.147. The Balaban J connectivity index is 1.62. The first-order valence-electron chi connectivity index (χ1n) is 10.1. The van der Waals surface area contributed by atoms with Gasteiger partial charge in [0, 0.05) is 5.39 Å². The number of nitrogens with one attached hydrogen (secondary N) is 1. The van der Waals surface area contributed by atoms with Gasteiger partial charge in [-0.15, -0.1) is 0 Å². The van der Waals surface area contributed by atoms with Crippen molar-refractivity contribution in [1.29, 1.82) is 0 Å². The molecule has 1 atom stereocenters. The summed E-state index contributed by atoms with van der Waals surface area (Å²) in [4.78, 5) is 25.3. The summed E-state index contributed by atoms with van der Waals surface area (Å²) in [6, 6.07) is 15.4. The highest BCUT2D eigenvalue weighted by Gasteiger charge is 2.47. The third kappa shape index (κ3) is 3.54. The van der Waals surface area contributed by atoms with Crippen LogP contribution >= 0.6 is 0 Å². The molecule has 30 heavy (non-hydrogen) atoms. The van der Waals surface area contributed by atoms with Crippen LogP contribution in [0.5, 0.6) is 5.75 Å². The van der Waals surface area contributed by atoms with Crippen molar-refractivity contribution in [3.63, 3.8) is 0 Å². The van der Waals surface area contributed by atoms with E-state index in [0.717, 1.165) is 12.0 Å². The maximum absolute atomic E-state index is 13.1. The normalized spacial score (nSPS) is 15.8. The van der Waals surface area contributed by atoms with Gasteiger partial charge in [-0.05, 0) is 56.9 Å². The zero-order valence-corrected chi connectivity index (χ0v) is 17.4. The molecule has 1 aromatic heterocycles. The van der Waals surface area contributed by atoms with Crippen LogP contribution in [-0.2, 0) is 9.53 Å². The van der Waals surface area contributed by atoms with Crippen molar-refractivity contribution < 1.29 is 23.5 Å². The van der Waals surface area contributed by atoms with Gasteiger partial charge >= 0.3 is 5.97 Å². The summed E-state index contributed by atoms with van der Waals surface area (Å²) in [7, 11) is 1.34. The van der Waals surface area contributed by atoms with Crippen LogP contribution in [0.2, 0.25) is 0 Å². The topological polar surface area (TPSA) is 77.8 Å². The van der Waals surface area contributed by atoms with Crippen LogP contribution in [0.15, 0.2) is 52.9 Å². The number of carbonyl (C=O) groups excluding carboxylic acids is 2. The van der Waals surface area contributed by atoms with Gasteiger partial charge in [0.2, 0.25) is 0 Å². The third-order valence-corrected chi connectivity index (χ3v) is 5.78. The molecular weight excluding hydrogens is 382 g/mol. The van der Waals surface area contributed by atoms with Gasteiger partial charge in [-0.25, -0.2) is 4.79 Å². The molecule has 0 bridgehead atoms. The summed E-state index contributed by atoms with van der Waals surface area (Å²) in [5, 5.41) is 3.54. The maximum atomic E-state index is 13.1. The van der Waals surface area contributed by atoms with Crippen molar-refractivity contribution in [3.8, 4) is 5.75 Å². The molecule has 0 aliphatic heterocycles. The molecule has 156 valence electrons. The van der Waals surface area contributed by atoms with E-state index in [2.05, 4.69) is 5.32 Å². The monoisotopic (exact) mass is 407 g/mol. The molecule has 1 saturated carbocycles. The smallest absolute Gasteiger partial charge is 0.331 e. The van der Waals surface area contributed by atoms with Gasteiger partial charge in [0.25, 0.3) is 5.91 Å². The van der Waals surface area contributed by atoms with Crippen LogP contribution in [0.3, 0.4) is 0 Å². The number of rotatable bonds is 6. The van der Waals surface area contributed by atoms with Gasteiger partial charge in [0.15, 0.2) is 0 Å². The Morgan fingerprint density at radius 2 is 1.87 bits per heavy atom. The summed E-state index contributed by atoms with van der Waals surface area (Å²) >= 11 is 0. The number of furan rings is 1. The van der Waals surface area contributed by atoms with Crippen LogP contribution in [-0.4, -0.2) is 24.5 Å². The van der Waals surface area contributed by atoms with Gasteiger partial charge in [0.1, 0.15) is 28.7 Å². The lowest BCUT2D eigenvalue weighted by molar-refractivity contribution is -0.152. The molecule has 1 N–H and O–H groups in total. The van der Waals surface area contributed by atoms with Gasteiger partial charge < -0.3 is 19.2 Å². The second-order valence-electron chi connectivity index (χ2n) is 7.74. The predicted octanol–water partition coefficient (Wildman–Crippen LogP) is 4.71. The second-order valence-corrected chi connectivity index (χ2v) is 7.74. The van der Waals surface area contributed by atoms with Crippen molar-refractivity contribution >= 4 is 22.8 Å². The van der Waals surface area contributed by atoms with Gasteiger partial charge in [-0.2, -0.15) is 0 Å². The van der Waals surface area contributed by atoms with Crippen LogP contribution in [0, 0.1) is 6.92 Å². The molecule has 6 heteroatoms. The SMILES string of the molecule is COC(=O)C1(NC(=O)c2c(C)oc3ccc(OC(C)c4ccccc4)cc23)CCC1. The van der Waals surface area contributed by atoms with Crippen molar-refractivity contribution in [3.05, 3.63) is 65.4 Å². The van der Waals surface area contributed by atoms with Gasteiger partial charge in [0.05, 0.1) is 12.7 Å². The van der Waals surface area contributed by atoms with E-state index in [1.54, 1.807) is 13.0 Å². The number of hydrogen-bond donors (Lipinski definition) is 1. The van der Waals surface area contributed by atoms with Crippen molar-refractivity contribution in [2.24, 2.45) is 0 Å². The zero-order chi connectivity index (χ0) is 21.3. The standard InChI is InChI=1S/C24H25NO5/c1-15(17-8-5-4-6-9-17)29-18-10-11-20-19(14-18)21(16(2)30-20)22(26)25-24(12-7-13-24)23(27)28-3/h4-6,8-11,14-15H,7,12-13H2,1-3H3,(H,25,26). The van der Waals surface area contributed by atoms with E-state index in [9.17, 15) is 9.59 Å². The molecule has 1 fully saturated rings. The number of carbonyl (C=O) groups is 2. The number of hydrogen-bond acceptors (Lipinski definition) is 5.